The molecule has 1 aromatic rings. The molecule has 0 aliphatic rings. The molecule has 3 nitrogen and oxygen atoms in total. The van der Waals surface area contributed by atoms with Gasteiger partial charge in [-0.3, -0.25) is 4.79 Å². The largest absolute Gasteiger partial charge is 0.298 e. The van der Waals surface area contributed by atoms with Crippen LogP contribution in [0.15, 0.2) is 35.3 Å². The predicted octanol–water partition coefficient (Wildman–Crippen LogP) is 1.52. The van der Waals surface area contributed by atoms with Gasteiger partial charge in [-0.25, -0.2) is 4.79 Å². The average molecular weight is 189 g/mol. The molecule has 0 unspecified atom stereocenters. The summed E-state index contributed by atoms with van der Waals surface area (Å²) >= 11 is 0. The third-order valence-corrected chi connectivity index (χ3v) is 1.86. The van der Waals surface area contributed by atoms with Crippen molar-refractivity contribution in [1.82, 2.24) is 0 Å². The van der Waals surface area contributed by atoms with Crippen LogP contribution in [-0.4, -0.2) is 18.4 Å². The summed E-state index contributed by atoms with van der Waals surface area (Å²) in [6.07, 6.45) is 2.48. The lowest BCUT2D eigenvalue weighted by Gasteiger charge is -1.97. The van der Waals surface area contributed by atoms with Crippen LogP contribution in [0.4, 0.5) is 0 Å². The van der Waals surface area contributed by atoms with E-state index in [-0.39, 0.29) is 12.3 Å². The second-order valence-corrected chi connectivity index (χ2v) is 2.93. The van der Waals surface area contributed by atoms with Crippen molar-refractivity contribution in [2.24, 2.45) is 4.99 Å². The first-order valence-corrected chi connectivity index (χ1v) is 4.42. The molecule has 0 aliphatic carbocycles. The van der Waals surface area contributed by atoms with E-state index in [2.05, 4.69) is 4.99 Å². The van der Waals surface area contributed by atoms with Gasteiger partial charge in [0.1, 0.15) is 6.54 Å². The fraction of sp³-hybridized carbons (Fsp3) is 0.273. The minimum absolute atomic E-state index is 0.0304. The number of hydrogen-bond donors (Lipinski definition) is 0. The molecule has 0 amide bonds. The maximum atomic E-state index is 11.1. The van der Waals surface area contributed by atoms with Crippen molar-refractivity contribution in [2.45, 2.75) is 12.8 Å². The highest BCUT2D eigenvalue weighted by atomic mass is 16.1. The van der Waals surface area contributed by atoms with Crippen LogP contribution < -0.4 is 0 Å². The van der Waals surface area contributed by atoms with Gasteiger partial charge in [0.25, 0.3) is 0 Å². The van der Waals surface area contributed by atoms with E-state index < -0.39 is 0 Å². The number of aliphatic imine (C=N–C) groups is 1. The summed E-state index contributed by atoms with van der Waals surface area (Å²) in [4.78, 5) is 24.1. The number of isocyanates is 1. The molecule has 0 N–H and O–H groups in total. The number of ketones is 1. The molecule has 3 heteroatoms. The van der Waals surface area contributed by atoms with Crippen molar-refractivity contribution in [3.05, 3.63) is 35.9 Å². The Morgan fingerprint density at radius 2 is 2.00 bits per heavy atom. The number of carbonyl (C=O) groups is 1. The molecule has 1 rings (SSSR count). The van der Waals surface area contributed by atoms with Crippen molar-refractivity contribution >= 4 is 11.9 Å². The Hall–Kier alpha value is -1.73. The number of hydrogen-bond acceptors (Lipinski definition) is 3. The number of Topliss-reactive ketones (excluding diaryl/α,β-unsaturated/α-hetero) is 1. The highest BCUT2D eigenvalue weighted by Gasteiger charge is 2.00. The van der Waals surface area contributed by atoms with Crippen LogP contribution in [0.1, 0.15) is 12.0 Å². The second-order valence-electron chi connectivity index (χ2n) is 2.93. The van der Waals surface area contributed by atoms with Gasteiger partial charge >= 0.3 is 0 Å². The van der Waals surface area contributed by atoms with Gasteiger partial charge in [-0.15, -0.1) is 0 Å². The molecule has 0 aliphatic heterocycles. The average Bonchev–Trinajstić information content (AvgIpc) is 2.25. The van der Waals surface area contributed by atoms with Crippen LogP contribution in [0.2, 0.25) is 0 Å². The van der Waals surface area contributed by atoms with Crippen LogP contribution in [-0.2, 0) is 16.0 Å². The third kappa shape index (κ3) is 3.78. The lowest BCUT2D eigenvalue weighted by Crippen LogP contribution is -2.03. The molecule has 0 atom stereocenters. The molecule has 0 bridgehead atoms. The van der Waals surface area contributed by atoms with E-state index in [0.717, 1.165) is 5.56 Å². The summed E-state index contributed by atoms with van der Waals surface area (Å²) in [5.41, 5.74) is 1.12. The van der Waals surface area contributed by atoms with E-state index in [1.54, 1.807) is 0 Å². The number of nitrogens with zero attached hydrogens (tertiary/aromatic N) is 1. The normalized spacial score (nSPS) is 9.14. The number of rotatable bonds is 5. The van der Waals surface area contributed by atoms with Gasteiger partial charge in [0, 0.05) is 6.42 Å². The maximum absolute atomic E-state index is 11.1. The lowest BCUT2D eigenvalue weighted by molar-refractivity contribution is -0.117. The molecule has 1 aromatic carbocycles. The van der Waals surface area contributed by atoms with Crippen LogP contribution in [0, 0.1) is 0 Å². The maximum Gasteiger partial charge on any atom is 0.235 e. The summed E-state index contributed by atoms with van der Waals surface area (Å²) in [7, 11) is 0. The second kappa shape index (κ2) is 5.84. The first-order valence-electron chi connectivity index (χ1n) is 4.42. The fourth-order valence-electron chi connectivity index (χ4n) is 1.13. The van der Waals surface area contributed by atoms with Crippen LogP contribution in [0.3, 0.4) is 0 Å². The highest BCUT2D eigenvalue weighted by Crippen LogP contribution is 2.02. The van der Waals surface area contributed by atoms with E-state index in [1.165, 1.54) is 6.08 Å². The van der Waals surface area contributed by atoms with Crippen LogP contribution in [0.5, 0.6) is 0 Å². The SMILES string of the molecule is O=C=NCC(=O)CCc1ccccc1. The summed E-state index contributed by atoms with van der Waals surface area (Å²) in [6.45, 7) is -0.0453. The van der Waals surface area contributed by atoms with E-state index in [0.29, 0.717) is 12.8 Å². The highest BCUT2D eigenvalue weighted by molar-refractivity contribution is 5.81. The van der Waals surface area contributed by atoms with Crippen molar-refractivity contribution in [2.75, 3.05) is 6.54 Å². The van der Waals surface area contributed by atoms with Gasteiger partial charge in [0.2, 0.25) is 6.08 Å². The summed E-state index contributed by atoms with van der Waals surface area (Å²) in [6, 6.07) is 9.74. The zero-order chi connectivity index (χ0) is 10.2. The summed E-state index contributed by atoms with van der Waals surface area (Å²) in [5.74, 6) is -0.0304. The Kier molecular flexibility index (Phi) is 4.32. The molecule has 72 valence electrons. The molecule has 0 saturated heterocycles. The Morgan fingerprint density at radius 1 is 1.29 bits per heavy atom. The van der Waals surface area contributed by atoms with Gasteiger partial charge < -0.3 is 0 Å². The van der Waals surface area contributed by atoms with Crippen molar-refractivity contribution in [3.8, 4) is 0 Å². The first-order chi connectivity index (χ1) is 6.83. The molecular formula is C11H11NO2. The number of benzene rings is 1. The molecule has 0 saturated carbocycles. The van der Waals surface area contributed by atoms with Crippen LogP contribution >= 0.6 is 0 Å². The van der Waals surface area contributed by atoms with Gasteiger partial charge in [-0.1, -0.05) is 30.3 Å². The van der Waals surface area contributed by atoms with Gasteiger partial charge in [-0.2, -0.15) is 4.99 Å². The van der Waals surface area contributed by atoms with Crippen molar-refractivity contribution < 1.29 is 9.59 Å². The fourth-order valence-corrected chi connectivity index (χ4v) is 1.13. The topological polar surface area (TPSA) is 46.5 Å². The Balaban J connectivity index is 2.34. The molecule has 0 radical (unpaired) electrons. The molecular weight excluding hydrogens is 178 g/mol. The Morgan fingerprint density at radius 3 is 2.64 bits per heavy atom. The van der Waals surface area contributed by atoms with E-state index in [4.69, 9.17) is 0 Å². The summed E-state index contributed by atoms with van der Waals surface area (Å²) in [5, 5.41) is 0. The lowest BCUT2D eigenvalue weighted by atomic mass is 10.1. The minimum Gasteiger partial charge on any atom is -0.298 e. The van der Waals surface area contributed by atoms with Crippen molar-refractivity contribution in [1.29, 1.82) is 0 Å². The quantitative estimate of drug-likeness (QED) is 0.520. The number of carbonyl (C=O) groups excluding carboxylic acids is 2. The van der Waals surface area contributed by atoms with Gasteiger partial charge in [0.15, 0.2) is 5.78 Å². The third-order valence-electron chi connectivity index (χ3n) is 1.86. The predicted molar refractivity (Wildman–Crippen MR) is 52.8 cm³/mol. The Bertz CT molecular complexity index is 340. The molecule has 14 heavy (non-hydrogen) atoms. The van der Waals surface area contributed by atoms with E-state index in [9.17, 15) is 9.59 Å². The first kappa shape index (κ1) is 10.4. The molecule has 0 spiro atoms. The smallest absolute Gasteiger partial charge is 0.235 e. The van der Waals surface area contributed by atoms with Gasteiger partial charge in [0.05, 0.1) is 0 Å². The van der Waals surface area contributed by atoms with Gasteiger partial charge in [-0.05, 0) is 12.0 Å². The molecule has 0 heterocycles. The van der Waals surface area contributed by atoms with E-state index in [1.807, 2.05) is 30.3 Å². The summed E-state index contributed by atoms with van der Waals surface area (Å²) < 4.78 is 0. The molecule has 0 aromatic heterocycles. The zero-order valence-electron chi connectivity index (χ0n) is 7.77. The monoisotopic (exact) mass is 189 g/mol. The van der Waals surface area contributed by atoms with Crippen LogP contribution in [0.25, 0.3) is 0 Å². The van der Waals surface area contributed by atoms with E-state index >= 15 is 0 Å². The number of aryl methyl sites for hydroxylation is 1. The van der Waals surface area contributed by atoms with Crippen molar-refractivity contribution in [3.63, 3.8) is 0 Å². The Labute approximate surface area is 82.5 Å². The molecule has 0 fully saturated rings. The zero-order valence-corrected chi connectivity index (χ0v) is 7.77. The standard InChI is InChI=1S/C11H11NO2/c13-9-12-8-11(14)7-6-10-4-2-1-3-5-10/h1-5H,6-8H2. The minimum atomic E-state index is -0.0453.